The van der Waals surface area contributed by atoms with E-state index in [-0.39, 0.29) is 38.1 Å². The number of methoxy groups -OCH3 is 1. The number of fused-ring (bicyclic) bond motifs is 1. The first kappa shape index (κ1) is 23.6. The van der Waals surface area contributed by atoms with E-state index < -0.39 is 5.97 Å². The summed E-state index contributed by atoms with van der Waals surface area (Å²) in [6, 6.07) is 12.6. The zero-order chi connectivity index (χ0) is 23.8. The van der Waals surface area contributed by atoms with E-state index in [1.165, 1.54) is 14.0 Å². The number of nitriles is 1. The zero-order valence-corrected chi connectivity index (χ0v) is 18.6. The highest BCUT2D eigenvalue weighted by Crippen LogP contribution is 2.31. The Morgan fingerprint density at radius 3 is 2.58 bits per heavy atom. The van der Waals surface area contributed by atoms with E-state index in [2.05, 4.69) is 6.07 Å². The highest BCUT2D eigenvalue weighted by Gasteiger charge is 2.17. The van der Waals surface area contributed by atoms with Gasteiger partial charge in [-0.25, -0.2) is 4.79 Å². The van der Waals surface area contributed by atoms with Crippen LogP contribution in [0.15, 0.2) is 42.6 Å². The molecule has 1 aromatic heterocycles. The second-order valence-corrected chi connectivity index (χ2v) is 6.84. The van der Waals surface area contributed by atoms with Crippen LogP contribution in [-0.2, 0) is 19.0 Å². The molecule has 3 aromatic rings. The normalized spacial score (nSPS) is 10.5. The van der Waals surface area contributed by atoms with E-state index in [9.17, 15) is 14.9 Å². The minimum Gasteiger partial charge on any atom is -0.490 e. The summed E-state index contributed by atoms with van der Waals surface area (Å²) < 4.78 is 28.0. The molecule has 9 nitrogen and oxygen atoms in total. The second kappa shape index (κ2) is 11.0. The summed E-state index contributed by atoms with van der Waals surface area (Å²) in [7, 11) is 1.48. The van der Waals surface area contributed by atoms with Crippen molar-refractivity contribution in [2.75, 3.05) is 33.7 Å². The molecule has 172 valence electrons. The van der Waals surface area contributed by atoms with Gasteiger partial charge in [-0.2, -0.15) is 5.26 Å². The third-order valence-corrected chi connectivity index (χ3v) is 4.62. The van der Waals surface area contributed by atoms with Crippen molar-refractivity contribution in [3.63, 3.8) is 0 Å². The van der Waals surface area contributed by atoms with Crippen molar-refractivity contribution in [2.45, 2.75) is 13.8 Å². The molecule has 0 bridgehead atoms. The molecule has 3 rings (SSSR count). The molecule has 0 unspecified atom stereocenters. The molecule has 0 amide bonds. The molecule has 0 atom stereocenters. The fraction of sp³-hybridized carbons (Fsp3) is 0.292. The number of benzene rings is 2. The Morgan fingerprint density at radius 2 is 1.88 bits per heavy atom. The average molecular weight is 452 g/mol. The third kappa shape index (κ3) is 5.61. The van der Waals surface area contributed by atoms with Gasteiger partial charge < -0.3 is 28.3 Å². The molecule has 2 aromatic carbocycles. The number of ether oxygens (including phenoxy) is 5. The van der Waals surface area contributed by atoms with E-state index >= 15 is 0 Å². The summed E-state index contributed by atoms with van der Waals surface area (Å²) in [4.78, 5) is 23.2. The monoisotopic (exact) mass is 452 g/mol. The molecule has 0 aliphatic heterocycles. The number of carbonyl (C=O) groups is 2. The maximum atomic E-state index is 12.3. The predicted octanol–water partition coefficient (Wildman–Crippen LogP) is 3.60. The molecule has 1 heterocycles. The van der Waals surface area contributed by atoms with Gasteiger partial charge in [-0.1, -0.05) is 0 Å². The van der Waals surface area contributed by atoms with Crippen molar-refractivity contribution in [1.29, 1.82) is 5.26 Å². The van der Waals surface area contributed by atoms with Crippen LogP contribution in [0, 0.1) is 11.3 Å². The Labute approximate surface area is 191 Å². The molecular weight excluding hydrogens is 428 g/mol. The fourth-order valence-corrected chi connectivity index (χ4v) is 3.23. The maximum Gasteiger partial charge on any atom is 0.341 e. The van der Waals surface area contributed by atoms with Gasteiger partial charge in [0.2, 0.25) is 0 Å². The molecule has 0 radical (unpaired) electrons. The number of nitrogens with zero attached hydrogens (tertiary/aromatic N) is 2. The molecule has 0 aliphatic rings. The number of rotatable bonds is 10. The van der Waals surface area contributed by atoms with Gasteiger partial charge >= 0.3 is 11.9 Å². The van der Waals surface area contributed by atoms with E-state index in [4.69, 9.17) is 23.7 Å². The van der Waals surface area contributed by atoms with Crippen molar-refractivity contribution in [3.05, 3.63) is 53.7 Å². The number of carbonyl (C=O) groups excluding carboxylic acids is 2. The fourth-order valence-electron chi connectivity index (χ4n) is 3.23. The Bertz CT molecular complexity index is 1190. The van der Waals surface area contributed by atoms with Crippen LogP contribution in [0.25, 0.3) is 16.6 Å². The smallest absolute Gasteiger partial charge is 0.341 e. The van der Waals surface area contributed by atoms with Crippen molar-refractivity contribution >= 4 is 22.8 Å². The van der Waals surface area contributed by atoms with Crippen LogP contribution in [-0.4, -0.2) is 50.2 Å². The number of esters is 2. The van der Waals surface area contributed by atoms with E-state index in [0.29, 0.717) is 28.1 Å². The Morgan fingerprint density at radius 1 is 1.06 bits per heavy atom. The van der Waals surface area contributed by atoms with Crippen LogP contribution >= 0.6 is 0 Å². The topological polar surface area (TPSA) is 109 Å². The van der Waals surface area contributed by atoms with Gasteiger partial charge in [0.05, 0.1) is 17.7 Å². The van der Waals surface area contributed by atoms with Crippen LogP contribution in [0.5, 0.6) is 11.5 Å². The lowest BCUT2D eigenvalue weighted by Crippen LogP contribution is -2.10. The lowest BCUT2D eigenvalue weighted by Gasteiger charge is -2.13. The average Bonchev–Trinajstić information content (AvgIpc) is 3.18. The van der Waals surface area contributed by atoms with Gasteiger partial charge in [0, 0.05) is 37.4 Å². The quantitative estimate of drug-likeness (QED) is 0.261. The van der Waals surface area contributed by atoms with Crippen molar-refractivity contribution in [3.8, 4) is 23.3 Å². The highest BCUT2D eigenvalue weighted by atomic mass is 16.7. The molecule has 0 saturated heterocycles. The Kier molecular flexibility index (Phi) is 7.89. The van der Waals surface area contributed by atoms with Crippen LogP contribution in [0.3, 0.4) is 0 Å². The number of hydrogen-bond donors (Lipinski definition) is 0. The molecule has 9 heteroatoms. The highest BCUT2D eigenvalue weighted by molar-refractivity contribution is 5.93. The summed E-state index contributed by atoms with van der Waals surface area (Å²) in [5, 5.41) is 10.3. The number of aromatic nitrogens is 1. The molecule has 0 N–H and O–H groups in total. The van der Waals surface area contributed by atoms with E-state index in [0.717, 1.165) is 5.52 Å². The van der Waals surface area contributed by atoms with Crippen molar-refractivity contribution in [2.24, 2.45) is 0 Å². The summed E-state index contributed by atoms with van der Waals surface area (Å²) in [5.41, 5.74) is 2.17. The van der Waals surface area contributed by atoms with Crippen LogP contribution in [0.2, 0.25) is 0 Å². The number of hydrogen-bond acceptors (Lipinski definition) is 8. The molecule has 0 aliphatic carbocycles. The molecule has 33 heavy (non-hydrogen) atoms. The van der Waals surface area contributed by atoms with E-state index in [1.54, 1.807) is 43.5 Å². The van der Waals surface area contributed by atoms with Gasteiger partial charge in [-0.15, -0.1) is 0 Å². The first-order valence-corrected chi connectivity index (χ1v) is 10.2. The minimum absolute atomic E-state index is 0.0419. The largest absolute Gasteiger partial charge is 0.490 e. The van der Waals surface area contributed by atoms with Crippen LogP contribution < -0.4 is 9.47 Å². The standard InChI is InChI=1S/C24H24N2O7/c1-4-30-24(28)20-7-5-18(11-23(20)33-15-29-3)26-14-17(13-25)21-12-19(6-8-22(21)26)32-10-9-31-16(2)27/h5-8,11-12,14H,4,9-10,15H2,1-3H3. The van der Waals surface area contributed by atoms with Crippen LogP contribution in [0.1, 0.15) is 29.8 Å². The molecule has 0 spiro atoms. The van der Waals surface area contributed by atoms with Gasteiger partial charge in [-0.05, 0) is 37.3 Å². The van der Waals surface area contributed by atoms with Gasteiger partial charge in [0.15, 0.2) is 6.79 Å². The SMILES string of the molecule is CCOC(=O)c1ccc(-n2cc(C#N)c3cc(OCCOC(C)=O)ccc32)cc1OCOC. The molecule has 0 saturated carbocycles. The van der Waals surface area contributed by atoms with Crippen molar-refractivity contribution < 1.29 is 33.3 Å². The molecule has 0 fully saturated rings. The summed E-state index contributed by atoms with van der Waals surface area (Å²) in [6.45, 7) is 3.59. The molecular formula is C24H24N2O7. The first-order valence-electron chi connectivity index (χ1n) is 10.2. The minimum atomic E-state index is -0.499. The second-order valence-electron chi connectivity index (χ2n) is 6.84. The van der Waals surface area contributed by atoms with Gasteiger partial charge in [-0.3, -0.25) is 4.79 Å². The predicted molar refractivity (Wildman–Crippen MR) is 119 cm³/mol. The Balaban J connectivity index is 1.96. The summed E-state index contributed by atoms with van der Waals surface area (Å²) >= 11 is 0. The lowest BCUT2D eigenvalue weighted by molar-refractivity contribution is -0.141. The summed E-state index contributed by atoms with van der Waals surface area (Å²) in [6.07, 6.45) is 1.70. The summed E-state index contributed by atoms with van der Waals surface area (Å²) in [5.74, 6) is -0.0225. The first-order chi connectivity index (χ1) is 16.0. The van der Waals surface area contributed by atoms with Gasteiger partial charge in [0.1, 0.15) is 36.3 Å². The zero-order valence-electron chi connectivity index (χ0n) is 18.6. The lowest BCUT2D eigenvalue weighted by atomic mass is 10.1. The van der Waals surface area contributed by atoms with E-state index in [1.807, 2.05) is 10.6 Å². The third-order valence-electron chi connectivity index (χ3n) is 4.62. The maximum absolute atomic E-state index is 12.3. The van der Waals surface area contributed by atoms with Gasteiger partial charge in [0.25, 0.3) is 0 Å². The van der Waals surface area contributed by atoms with Crippen LogP contribution in [0.4, 0.5) is 0 Å². The Hall–Kier alpha value is -4.03. The van der Waals surface area contributed by atoms with Crippen molar-refractivity contribution in [1.82, 2.24) is 4.57 Å².